The van der Waals surface area contributed by atoms with Gasteiger partial charge in [-0.15, -0.1) is 0 Å². The highest BCUT2D eigenvalue weighted by atomic mass is 32.2. The molecule has 0 N–H and O–H groups in total. The molecule has 0 saturated carbocycles. The van der Waals surface area contributed by atoms with Crippen molar-refractivity contribution in [3.63, 3.8) is 0 Å². The molecular formula is C12H12F3N3O2S. The van der Waals surface area contributed by atoms with Crippen LogP contribution in [0.5, 0.6) is 0 Å². The molecule has 0 spiro atoms. The van der Waals surface area contributed by atoms with Crippen LogP contribution in [0.2, 0.25) is 0 Å². The average Bonchev–Trinajstić information content (AvgIpc) is 2.85. The van der Waals surface area contributed by atoms with Crippen molar-refractivity contribution in [3.8, 4) is 0 Å². The number of aryl methyl sites for hydroxylation is 1. The van der Waals surface area contributed by atoms with Crippen molar-refractivity contribution in [2.75, 3.05) is 12.9 Å². The van der Waals surface area contributed by atoms with Gasteiger partial charge in [-0.2, -0.15) is 18.3 Å². The first kappa shape index (κ1) is 15.6. The number of rotatable bonds is 4. The van der Waals surface area contributed by atoms with Gasteiger partial charge in [-0.05, 0) is 13.0 Å². The quantitative estimate of drug-likeness (QED) is 0.641. The fourth-order valence-corrected chi connectivity index (χ4v) is 2.42. The molecule has 0 unspecified atom stereocenters. The smallest absolute Gasteiger partial charge is 0.417 e. The maximum atomic E-state index is 13.1. The van der Waals surface area contributed by atoms with E-state index in [9.17, 15) is 18.0 Å². The van der Waals surface area contributed by atoms with Crippen molar-refractivity contribution in [2.45, 2.75) is 24.7 Å². The molecule has 0 aliphatic carbocycles. The molecule has 2 heterocycles. The Morgan fingerprint density at radius 2 is 2.19 bits per heavy atom. The lowest BCUT2D eigenvalue weighted by molar-refractivity contribution is -0.137. The van der Waals surface area contributed by atoms with E-state index in [1.165, 1.54) is 18.0 Å². The van der Waals surface area contributed by atoms with E-state index in [0.717, 1.165) is 17.8 Å². The second kappa shape index (κ2) is 5.92. The molecular weight excluding hydrogens is 307 g/mol. The Morgan fingerprint density at radius 1 is 1.48 bits per heavy atom. The van der Waals surface area contributed by atoms with Gasteiger partial charge in [0.05, 0.1) is 28.8 Å². The molecule has 0 amide bonds. The number of nitrogens with zero attached hydrogens (tertiary/aromatic N) is 3. The van der Waals surface area contributed by atoms with Crippen LogP contribution < -0.4 is 0 Å². The van der Waals surface area contributed by atoms with E-state index in [1.807, 2.05) is 0 Å². The van der Waals surface area contributed by atoms with Gasteiger partial charge in [-0.3, -0.25) is 9.48 Å². The van der Waals surface area contributed by atoms with E-state index in [2.05, 4.69) is 14.8 Å². The Hall–Kier alpha value is -1.77. The van der Waals surface area contributed by atoms with Crippen molar-refractivity contribution in [3.05, 3.63) is 17.8 Å². The first-order chi connectivity index (χ1) is 9.85. The van der Waals surface area contributed by atoms with Gasteiger partial charge >= 0.3 is 12.1 Å². The molecule has 9 heteroatoms. The zero-order valence-electron chi connectivity index (χ0n) is 11.3. The van der Waals surface area contributed by atoms with Crippen molar-refractivity contribution < 1.29 is 22.7 Å². The highest BCUT2D eigenvalue weighted by molar-refractivity contribution is 7.99. The third-order valence-corrected chi connectivity index (χ3v) is 3.60. The summed E-state index contributed by atoms with van der Waals surface area (Å²) in [5, 5.41) is 4.02. The van der Waals surface area contributed by atoms with E-state index in [4.69, 9.17) is 0 Å². The first-order valence-electron chi connectivity index (χ1n) is 6.00. The third kappa shape index (κ3) is 3.46. The summed E-state index contributed by atoms with van der Waals surface area (Å²) in [4.78, 5) is 15.1. The van der Waals surface area contributed by atoms with Crippen molar-refractivity contribution in [1.29, 1.82) is 0 Å². The number of ether oxygens (including phenoxy) is 1. The number of methoxy groups -OCH3 is 1. The molecule has 2 aromatic heterocycles. The maximum absolute atomic E-state index is 13.1. The van der Waals surface area contributed by atoms with Crippen molar-refractivity contribution in [2.24, 2.45) is 0 Å². The Balaban J connectivity index is 2.46. The predicted octanol–water partition coefficient (Wildman–Crippen LogP) is 2.74. The molecule has 2 rings (SSSR count). The lowest BCUT2D eigenvalue weighted by atomic mass is 10.2. The molecule has 21 heavy (non-hydrogen) atoms. The van der Waals surface area contributed by atoms with Crippen LogP contribution in [-0.2, 0) is 22.3 Å². The van der Waals surface area contributed by atoms with Crippen LogP contribution in [0.25, 0.3) is 11.0 Å². The van der Waals surface area contributed by atoms with Crippen LogP contribution in [0, 0.1) is 0 Å². The highest BCUT2D eigenvalue weighted by Crippen LogP contribution is 2.36. The SMILES string of the molecule is CCn1cc2c(C(F)(F)F)cc(SCC(=O)OC)nc2n1. The summed E-state index contributed by atoms with van der Waals surface area (Å²) in [6.45, 7) is 2.21. The van der Waals surface area contributed by atoms with Crippen molar-refractivity contribution in [1.82, 2.24) is 14.8 Å². The van der Waals surface area contributed by atoms with Gasteiger partial charge in [0.15, 0.2) is 5.65 Å². The number of esters is 1. The fraction of sp³-hybridized carbons (Fsp3) is 0.417. The molecule has 0 aromatic carbocycles. The summed E-state index contributed by atoms with van der Waals surface area (Å²) < 4.78 is 45.2. The van der Waals surface area contributed by atoms with Gasteiger partial charge in [0.25, 0.3) is 0 Å². The Kier molecular flexibility index (Phi) is 4.40. The zero-order chi connectivity index (χ0) is 15.6. The van der Waals surface area contributed by atoms with Gasteiger partial charge in [0.2, 0.25) is 0 Å². The molecule has 0 bridgehead atoms. The Morgan fingerprint density at radius 3 is 2.76 bits per heavy atom. The van der Waals surface area contributed by atoms with Crippen LogP contribution in [0.1, 0.15) is 12.5 Å². The highest BCUT2D eigenvalue weighted by Gasteiger charge is 2.34. The number of pyridine rings is 1. The van der Waals surface area contributed by atoms with Crippen molar-refractivity contribution >= 4 is 28.8 Å². The van der Waals surface area contributed by atoms with Gasteiger partial charge in [-0.1, -0.05) is 11.8 Å². The number of carbonyl (C=O) groups is 1. The number of carbonyl (C=O) groups excluding carboxylic acids is 1. The van der Waals surface area contributed by atoms with E-state index in [1.54, 1.807) is 6.92 Å². The molecule has 0 aliphatic heterocycles. The van der Waals surface area contributed by atoms with Gasteiger partial charge in [0, 0.05) is 12.7 Å². The lowest BCUT2D eigenvalue weighted by Gasteiger charge is -2.09. The number of fused-ring (bicyclic) bond motifs is 1. The largest absolute Gasteiger partial charge is 0.468 e. The topological polar surface area (TPSA) is 57.0 Å². The molecule has 0 aliphatic rings. The zero-order valence-corrected chi connectivity index (χ0v) is 12.1. The van der Waals surface area contributed by atoms with E-state index in [0.29, 0.717) is 6.54 Å². The van der Waals surface area contributed by atoms with Crippen LogP contribution in [0.3, 0.4) is 0 Å². The summed E-state index contributed by atoms with van der Waals surface area (Å²) in [5.41, 5.74) is -0.793. The molecule has 114 valence electrons. The summed E-state index contributed by atoms with van der Waals surface area (Å²) in [5.74, 6) is -0.643. The minimum Gasteiger partial charge on any atom is -0.468 e. The minimum atomic E-state index is -4.51. The van der Waals surface area contributed by atoms with Gasteiger partial charge in [-0.25, -0.2) is 4.98 Å². The van der Waals surface area contributed by atoms with E-state index < -0.39 is 17.7 Å². The minimum absolute atomic E-state index is 0.0130. The van der Waals surface area contributed by atoms with Crippen LogP contribution >= 0.6 is 11.8 Å². The van der Waals surface area contributed by atoms with Gasteiger partial charge in [0.1, 0.15) is 0 Å². The fourth-order valence-electron chi connectivity index (χ4n) is 1.68. The first-order valence-corrected chi connectivity index (χ1v) is 6.98. The summed E-state index contributed by atoms with van der Waals surface area (Å²) >= 11 is 0.880. The molecule has 0 radical (unpaired) electrons. The van der Waals surface area contributed by atoms with Crippen LogP contribution in [0.15, 0.2) is 17.3 Å². The number of alkyl halides is 3. The average molecular weight is 319 g/mol. The molecule has 0 atom stereocenters. The number of hydrogen-bond donors (Lipinski definition) is 0. The van der Waals surface area contributed by atoms with E-state index in [-0.39, 0.29) is 21.8 Å². The number of aromatic nitrogens is 3. The Bertz CT molecular complexity index is 670. The monoisotopic (exact) mass is 319 g/mol. The lowest BCUT2D eigenvalue weighted by Crippen LogP contribution is -2.07. The predicted molar refractivity (Wildman–Crippen MR) is 70.9 cm³/mol. The van der Waals surface area contributed by atoms with Gasteiger partial charge < -0.3 is 4.74 Å². The van der Waals surface area contributed by atoms with Crippen LogP contribution in [-0.4, -0.2) is 33.6 Å². The second-order valence-electron chi connectivity index (χ2n) is 4.09. The normalized spacial score (nSPS) is 11.9. The molecule has 0 saturated heterocycles. The Labute approximate surface area is 122 Å². The molecule has 5 nitrogen and oxygen atoms in total. The third-order valence-electron chi connectivity index (χ3n) is 2.71. The number of thioether (sulfide) groups is 1. The van der Waals surface area contributed by atoms with Crippen LogP contribution in [0.4, 0.5) is 13.2 Å². The molecule has 2 aromatic rings. The van der Waals surface area contributed by atoms with E-state index >= 15 is 0 Å². The number of halogens is 3. The standard InChI is InChI=1S/C12H12F3N3O2S/c1-3-18-5-7-8(12(13,14)15)4-9(16-11(7)17-18)21-6-10(19)20-2/h4-5H,3,6H2,1-2H3. The maximum Gasteiger partial charge on any atom is 0.417 e. The number of hydrogen-bond acceptors (Lipinski definition) is 5. The summed E-state index contributed by atoms with van der Waals surface area (Å²) in [7, 11) is 1.21. The second-order valence-corrected chi connectivity index (χ2v) is 5.09. The molecule has 0 fully saturated rings. The summed E-state index contributed by atoms with van der Waals surface area (Å²) in [6.07, 6.45) is -3.19. The summed E-state index contributed by atoms with van der Waals surface area (Å²) in [6, 6.07) is 0.928.